The molecule has 0 heterocycles. The third-order valence-corrected chi connectivity index (χ3v) is 7.35. The van der Waals surface area contributed by atoms with Gasteiger partial charge in [-0.1, -0.05) is 51.6 Å². The highest BCUT2D eigenvalue weighted by atomic mass is 28.3. The number of hydrogen-bond donors (Lipinski definition) is 0. The van der Waals surface area contributed by atoms with Crippen LogP contribution in [0.3, 0.4) is 0 Å². The molecule has 0 bridgehead atoms. The van der Waals surface area contributed by atoms with Crippen LogP contribution in [0.5, 0.6) is 0 Å². The van der Waals surface area contributed by atoms with Crippen LogP contribution in [0, 0.1) is 11.3 Å². The average molecular weight is 209 g/mol. The summed E-state index contributed by atoms with van der Waals surface area (Å²) in [6.45, 7) is 8.40. The zero-order valence-electron chi connectivity index (χ0n) is 9.68. The van der Waals surface area contributed by atoms with Gasteiger partial charge in [0.2, 0.25) is 0 Å². The summed E-state index contributed by atoms with van der Waals surface area (Å²) in [5.74, 6) is 0. The fraction of sp³-hybridized carbons (Fsp3) is 0.750. The van der Waals surface area contributed by atoms with Gasteiger partial charge >= 0.3 is 0 Å². The second-order valence-electron chi connectivity index (χ2n) is 4.11. The molecule has 14 heavy (non-hydrogen) atoms. The molecule has 0 atom stereocenters. The largest absolute Gasteiger partial charge is 0.199 e. The van der Waals surface area contributed by atoms with Crippen molar-refractivity contribution in [1.82, 2.24) is 0 Å². The van der Waals surface area contributed by atoms with E-state index >= 15 is 0 Å². The Labute approximate surface area is 89.8 Å². The standard InChI is InChI=1S/C12H23NSi/c1-4-7-10-14(6-3,12-9-13)11-8-5-2/h6H,3-5,7-8,10-12H2,1-2H3. The second kappa shape index (κ2) is 7.81. The molecule has 0 aliphatic heterocycles. The smallest absolute Gasteiger partial charge is 0.0920 e. The molecule has 0 rings (SSSR count). The van der Waals surface area contributed by atoms with Crippen LogP contribution in [-0.2, 0) is 0 Å². The van der Waals surface area contributed by atoms with Gasteiger partial charge in [-0.05, 0) is 0 Å². The summed E-state index contributed by atoms with van der Waals surface area (Å²) in [6.07, 6.45) is 5.01. The predicted molar refractivity (Wildman–Crippen MR) is 65.8 cm³/mol. The van der Waals surface area contributed by atoms with Crippen LogP contribution in [0.4, 0.5) is 0 Å². The van der Waals surface area contributed by atoms with Gasteiger partial charge in [0.05, 0.1) is 14.1 Å². The van der Waals surface area contributed by atoms with Gasteiger partial charge in [0.1, 0.15) is 0 Å². The Balaban J connectivity index is 4.27. The lowest BCUT2D eigenvalue weighted by Gasteiger charge is -2.25. The zero-order chi connectivity index (χ0) is 10.9. The van der Waals surface area contributed by atoms with Crippen LogP contribution in [0.15, 0.2) is 12.3 Å². The summed E-state index contributed by atoms with van der Waals surface area (Å²) in [4.78, 5) is 0. The fourth-order valence-electron chi connectivity index (χ4n) is 1.79. The second-order valence-corrected chi connectivity index (χ2v) is 8.60. The van der Waals surface area contributed by atoms with Crippen LogP contribution in [0.2, 0.25) is 18.1 Å². The minimum absolute atomic E-state index is 0.774. The first kappa shape index (κ1) is 13.4. The molecular weight excluding hydrogens is 186 g/mol. The average Bonchev–Trinajstić information content (AvgIpc) is 2.22. The van der Waals surface area contributed by atoms with Gasteiger partial charge in [-0.2, -0.15) is 5.26 Å². The van der Waals surface area contributed by atoms with Gasteiger partial charge in [-0.3, -0.25) is 0 Å². The Morgan fingerprint density at radius 1 is 1.21 bits per heavy atom. The Kier molecular flexibility index (Phi) is 7.51. The van der Waals surface area contributed by atoms with Gasteiger partial charge in [0.15, 0.2) is 0 Å². The molecule has 0 fully saturated rings. The van der Waals surface area contributed by atoms with E-state index < -0.39 is 8.07 Å². The van der Waals surface area contributed by atoms with Crippen molar-refractivity contribution >= 4 is 8.07 Å². The van der Waals surface area contributed by atoms with E-state index in [9.17, 15) is 0 Å². The normalized spacial score (nSPS) is 10.9. The first-order chi connectivity index (χ1) is 6.74. The summed E-state index contributed by atoms with van der Waals surface area (Å²) in [5, 5.41) is 8.87. The quantitative estimate of drug-likeness (QED) is 0.547. The van der Waals surface area contributed by atoms with E-state index in [1.54, 1.807) is 0 Å². The number of nitrogens with zero attached hydrogens (tertiary/aromatic N) is 1. The molecule has 0 aliphatic rings. The Bertz CT molecular complexity index is 185. The van der Waals surface area contributed by atoms with Crippen LogP contribution in [0.25, 0.3) is 0 Å². The monoisotopic (exact) mass is 209 g/mol. The van der Waals surface area contributed by atoms with Crippen molar-refractivity contribution in [2.45, 2.75) is 57.7 Å². The number of rotatable bonds is 8. The lowest BCUT2D eigenvalue weighted by Crippen LogP contribution is -2.30. The van der Waals surface area contributed by atoms with E-state index in [4.69, 9.17) is 5.26 Å². The van der Waals surface area contributed by atoms with E-state index in [1.165, 1.54) is 37.8 Å². The van der Waals surface area contributed by atoms with E-state index in [0.29, 0.717) is 0 Å². The molecule has 0 saturated heterocycles. The number of hydrogen-bond acceptors (Lipinski definition) is 1. The molecule has 0 saturated carbocycles. The van der Waals surface area contributed by atoms with Crippen molar-refractivity contribution in [3.63, 3.8) is 0 Å². The van der Waals surface area contributed by atoms with Crippen molar-refractivity contribution in [3.05, 3.63) is 12.3 Å². The lowest BCUT2D eigenvalue weighted by atomic mass is 10.4. The van der Waals surface area contributed by atoms with Gasteiger partial charge in [0.25, 0.3) is 0 Å². The third kappa shape index (κ3) is 4.62. The Hall–Kier alpha value is -0.553. The van der Waals surface area contributed by atoms with Crippen LogP contribution >= 0.6 is 0 Å². The molecule has 0 N–H and O–H groups in total. The summed E-state index contributed by atoms with van der Waals surface area (Å²) in [6, 6.07) is 5.67. The SMILES string of the molecule is C=C[Si](CC#N)(CCCC)CCCC. The minimum Gasteiger partial charge on any atom is -0.199 e. The van der Waals surface area contributed by atoms with Crippen molar-refractivity contribution in [3.8, 4) is 6.07 Å². The third-order valence-electron chi connectivity index (χ3n) is 2.92. The summed E-state index contributed by atoms with van der Waals surface area (Å²) in [7, 11) is -1.41. The maximum atomic E-state index is 8.87. The van der Waals surface area contributed by atoms with Crippen molar-refractivity contribution in [1.29, 1.82) is 5.26 Å². The highest BCUT2D eigenvalue weighted by molar-refractivity contribution is 6.84. The molecule has 0 aromatic heterocycles. The number of unbranched alkanes of at least 4 members (excludes halogenated alkanes) is 2. The first-order valence-electron chi connectivity index (χ1n) is 5.75. The molecule has 0 amide bonds. The lowest BCUT2D eigenvalue weighted by molar-refractivity contribution is 0.830. The van der Waals surface area contributed by atoms with E-state index in [1.807, 2.05) is 0 Å². The first-order valence-corrected chi connectivity index (χ1v) is 8.45. The van der Waals surface area contributed by atoms with Crippen molar-refractivity contribution in [2.24, 2.45) is 0 Å². The minimum atomic E-state index is -1.41. The highest BCUT2D eigenvalue weighted by Gasteiger charge is 2.27. The molecule has 0 aliphatic carbocycles. The summed E-state index contributed by atoms with van der Waals surface area (Å²) in [5.41, 5.74) is 2.15. The molecule has 0 aromatic rings. The zero-order valence-corrected chi connectivity index (χ0v) is 10.7. The van der Waals surface area contributed by atoms with Crippen molar-refractivity contribution < 1.29 is 0 Å². The van der Waals surface area contributed by atoms with Crippen LogP contribution in [-0.4, -0.2) is 8.07 Å². The number of nitriles is 1. The van der Waals surface area contributed by atoms with Crippen LogP contribution < -0.4 is 0 Å². The molecule has 0 spiro atoms. The van der Waals surface area contributed by atoms with E-state index in [0.717, 1.165) is 6.04 Å². The van der Waals surface area contributed by atoms with Crippen LogP contribution in [0.1, 0.15) is 39.5 Å². The van der Waals surface area contributed by atoms with E-state index in [-0.39, 0.29) is 0 Å². The molecule has 0 aromatic carbocycles. The maximum absolute atomic E-state index is 8.87. The predicted octanol–water partition coefficient (Wildman–Crippen LogP) is 4.28. The molecular formula is C12H23NSi. The molecule has 0 radical (unpaired) electrons. The Morgan fingerprint density at radius 2 is 1.71 bits per heavy atom. The summed E-state index contributed by atoms with van der Waals surface area (Å²) < 4.78 is 0. The van der Waals surface area contributed by atoms with Gasteiger partial charge in [-0.25, -0.2) is 0 Å². The van der Waals surface area contributed by atoms with Gasteiger partial charge in [-0.15, -0.1) is 12.3 Å². The highest BCUT2D eigenvalue weighted by Crippen LogP contribution is 2.26. The molecule has 0 unspecified atom stereocenters. The Morgan fingerprint density at radius 3 is 2.00 bits per heavy atom. The molecule has 1 nitrogen and oxygen atoms in total. The topological polar surface area (TPSA) is 23.8 Å². The fourth-order valence-corrected chi connectivity index (χ4v) is 5.38. The van der Waals surface area contributed by atoms with Crippen molar-refractivity contribution in [2.75, 3.05) is 0 Å². The summed E-state index contributed by atoms with van der Waals surface area (Å²) >= 11 is 0. The molecule has 80 valence electrons. The van der Waals surface area contributed by atoms with E-state index in [2.05, 4.69) is 32.2 Å². The van der Waals surface area contributed by atoms with Gasteiger partial charge in [0, 0.05) is 6.04 Å². The van der Waals surface area contributed by atoms with Gasteiger partial charge < -0.3 is 0 Å². The molecule has 2 heteroatoms. The maximum Gasteiger partial charge on any atom is 0.0920 e.